The molecule has 19 heavy (non-hydrogen) atoms. The van der Waals surface area contributed by atoms with Crippen molar-refractivity contribution in [2.24, 2.45) is 0 Å². The molecule has 1 amide bonds. The molecule has 5 heteroatoms. The van der Waals surface area contributed by atoms with Gasteiger partial charge in [0, 0.05) is 15.1 Å². The van der Waals surface area contributed by atoms with Crippen LogP contribution in [0.1, 0.15) is 15.9 Å². The van der Waals surface area contributed by atoms with E-state index in [9.17, 15) is 4.79 Å². The summed E-state index contributed by atoms with van der Waals surface area (Å²) in [6.07, 6.45) is 0. The minimum absolute atomic E-state index is 0.222. The van der Waals surface area contributed by atoms with Gasteiger partial charge < -0.3 is 5.32 Å². The first-order valence-electron chi connectivity index (χ1n) is 5.50. The maximum atomic E-state index is 12.1. The second-order valence-electron chi connectivity index (χ2n) is 4.04. The number of nitrogens with one attached hydrogen (secondary N) is 1. The maximum absolute atomic E-state index is 12.1. The molecular weight excluding hydrogens is 349 g/mol. The highest BCUT2D eigenvalue weighted by molar-refractivity contribution is 9.10. The van der Waals surface area contributed by atoms with Crippen molar-refractivity contribution in [2.45, 2.75) is 6.92 Å². The molecule has 2 aromatic rings. The summed E-state index contributed by atoms with van der Waals surface area (Å²) >= 11 is 15.3. The van der Waals surface area contributed by atoms with Crippen LogP contribution in [0.25, 0.3) is 0 Å². The van der Waals surface area contributed by atoms with Crippen LogP contribution in [0.4, 0.5) is 5.69 Å². The van der Waals surface area contributed by atoms with Gasteiger partial charge in [-0.25, -0.2) is 0 Å². The zero-order valence-electron chi connectivity index (χ0n) is 10.0. The fraction of sp³-hybridized carbons (Fsp3) is 0.0714. The van der Waals surface area contributed by atoms with Crippen molar-refractivity contribution in [3.8, 4) is 0 Å². The molecule has 0 spiro atoms. The van der Waals surface area contributed by atoms with E-state index in [1.54, 1.807) is 30.3 Å². The van der Waals surface area contributed by atoms with E-state index in [0.717, 1.165) is 10.0 Å². The zero-order chi connectivity index (χ0) is 14.0. The number of hydrogen-bond acceptors (Lipinski definition) is 1. The summed E-state index contributed by atoms with van der Waals surface area (Å²) in [5, 5.41) is 3.89. The lowest BCUT2D eigenvalue weighted by atomic mass is 10.1. The normalized spacial score (nSPS) is 10.3. The Morgan fingerprint density at radius 1 is 1.11 bits per heavy atom. The van der Waals surface area contributed by atoms with Crippen molar-refractivity contribution < 1.29 is 4.79 Å². The molecule has 0 radical (unpaired) electrons. The number of anilines is 1. The summed E-state index contributed by atoms with van der Waals surface area (Å²) in [6.45, 7) is 1.85. The lowest BCUT2D eigenvalue weighted by molar-refractivity contribution is 0.102. The summed E-state index contributed by atoms with van der Waals surface area (Å²) in [5.74, 6) is -0.222. The quantitative estimate of drug-likeness (QED) is 0.773. The monoisotopic (exact) mass is 357 g/mol. The van der Waals surface area contributed by atoms with Crippen molar-refractivity contribution in [1.82, 2.24) is 0 Å². The molecule has 0 aliphatic rings. The minimum Gasteiger partial charge on any atom is -0.321 e. The van der Waals surface area contributed by atoms with Crippen molar-refractivity contribution in [2.75, 3.05) is 5.32 Å². The minimum atomic E-state index is -0.222. The topological polar surface area (TPSA) is 29.1 Å². The van der Waals surface area contributed by atoms with Crippen LogP contribution in [-0.4, -0.2) is 5.91 Å². The molecule has 1 N–H and O–H groups in total. The second-order valence-corrected chi connectivity index (χ2v) is 5.77. The van der Waals surface area contributed by atoms with Crippen LogP contribution >= 0.6 is 39.1 Å². The Balaban J connectivity index is 2.25. The van der Waals surface area contributed by atoms with Gasteiger partial charge in [0.1, 0.15) is 0 Å². The molecule has 0 saturated carbocycles. The summed E-state index contributed by atoms with van der Waals surface area (Å²) in [6, 6.07) is 10.4. The largest absolute Gasteiger partial charge is 0.321 e. The van der Waals surface area contributed by atoms with Crippen LogP contribution in [-0.2, 0) is 0 Å². The molecule has 2 nitrogen and oxygen atoms in total. The molecule has 0 atom stereocenters. The van der Waals surface area contributed by atoms with Gasteiger partial charge in [-0.1, -0.05) is 39.1 Å². The SMILES string of the molecule is Cc1cc(C(=O)Nc2cc(Br)ccc2Cl)ccc1Cl. The standard InChI is InChI=1S/C14H10BrCl2NO/c1-8-6-9(2-4-11(8)16)14(19)18-13-7-10(15)3-5-12(13)17/h2-7H,1H3,(H,18,19). The number of halogens is 3. The van der Waals surface area contributed by atoms with Gasteiger partial charge in [0.2, 0.25) is 0 Å². The number of hydrogen-bond donors (Lipinski definition) is 1. The van der Waals surface area contributed by atoms with E-state index < -0.39 is 0 Å². The Morgan fingerprint density at radius 3 is 2.47 bits per heavy atom. The average molecular weight is 359 g/mol. The number of rotatable bonds is 2. The van der Waals surface area contributed by atoms with E-state index >= 15 is 0 Å². The van der Waals surface area contributed by atoms with Crippen LogP contribution in [0.5, 0.6) is 0 Å². The Kier molecular flexibility index (Phi) is 4.50. The van der Waals surface area contributed by atoms with Crippen LogP contribution in [0.3, 0.4) is 0 Å². The van der Waals surface area contributed by atoms with Gasteiger partial charge in [-0.2, -0.15) is 0 Å². The first kappa shape index (κ1) is 14.4. The van der Waals surface area contributed by atoms with Crippen molar-refractivity contribution >= 4 is 50.7 Å². The second kappa shape index (κ2) is 5.95. The zero-order valence-corrected chi connectivity index (χ0v) is 13.1. The molecule has 98 valence electrons. The van der Waals surface area contributed by atoms with Crippen LogP contribution < -0.4 is 5.32 Å². The van der Waals surface area contributed by atoms with Crippen molar-refractivity contribution in [3.63, 3.8) is 0 Å². The Labute approximate surface area is 129 Å². The molecule has 0 aliphatic heterocycles. The predicted molar refractivity (Wildman–Crippen MR) is 83.3 cm³/mol. The van der Waals surface area contributed by atoms with Gasteiger partial charge in [0.25, 0.3) is 5.91 Å². The highest BCUT2D eigenvalue weighted by Gasteiger charge is 2.10. The molecule has 0 fully saturated rings. The lowest BCUT2D eigenvalue weighted by Gasteiger charge is -2.08. The van der Waals surface area contributed by atoms with Gasteiger partial charge in [-0.15, -0.1) is 0 Å². The van der Waals surface area contributed by atoms with Crippen LogP contribution in [0.15, 0.2) is 40.9 Å². The van der Waals surface area contributed by atoms with E-state index in [1.807, 2.05) is 13.0 Å². The third kappa shape index (κ3) is 3.50. The number of carbonyl (C=O) groups excluding carboxylic acids is 1. The highest BCUT2D eigenvalue weighted by atomic mass is 79.9. The summed E-state index contributed by atoms with van der Waals surface area (Å²) < 4.78 is 0.847. The van der Waals surface area contributed by atoms with E-state index in [-0.39, 0.29) is 5.91 Å². The van der Waals surface area contributed by atoms with Gasteiger partial charge in [0.15, 0.2) is 0 Å². The van der Waals surface area contributed by atoms with Gasteiger partial charge in [0.05, 0.1) is 10.7 Å². The van der Waals surface area contributed by atoms with E-state index in [2.05, 4.69) is 21.2 Å². The van der Waals surface area contributed by atoms with E-state index in [4.69, 9.17) is 23.2 Å². The molecule has 2 aromatic carbocycles. The number of aryl methyl sites for hydroxylation is 1. The summed E-state index contributed by atoms with van der Waals surface area (Å²) in [7, 11) is 0. The number of benzene rings is 2. The molecule has 0 aliphatic carbocycles. The lowest BCUT2D eigenvalue weighted by Crippen LogP contribution is -2.12. The highest BCUT2D eigenvalue weighted by Crippen LogP contribution is 2.26. The fourth-order valence-corrected chi connectivity index (χ4v) is 2.22. The third-order valence-electron chi connectivity index (χ3n) is 2.60. The molecule has 0 unspecified atom stereocenters. The van der Waals surface area contributed by atoms with Crippen LogP contribution in [0.2, 0.25) is 10.0 Å². The van der Waals surface area contributed by atoms with Gasteiger partial charge >= 0.3 is 0 Å². The van der Waals surface area contributed by atoms with Gasteiger partial charge in [-0.05, 0) is 48.9 Å². The van der Waals surface area contributed by atoms with E-state index in [0.29, 0.717) is 21.3 Å². The first-order valence-corrected chi connectivity index (χ1v) is 7.05. The number of carbonyl (C=O) groups is 1. The Morgan fingerprint density at radius 2 is 1.79 bits per heavy atom. The van der Waals surface area contributed by atoms with Crippen molar-refractivity contribution in [1.29, 1.82) is 0 Å². The van der Waals surface area contributed by atoms with Crippen LogP contribution in [0, 0.1) is 6.92 Å². The Hall–Kier alpha value is -1.03. The van der Waals surface area contributed by atoms with E-state index in [1.165, 1.54) is 0 Å². The fourth-order valence-electron chi connectivity index (χ4n) is 1.57. The molecule has 0 aromatic heterocycles. The molecule has 2 rings (SSSR count). The third-order valence-corrected chi connectivity index (χ3v) is 3.84. The molecule has 0 heterocycles. The molecular formula is C14H10BrCl2NO. The van der Waals surface area contributed by atoms with Gasteiger partial charge in [-0.3, -0.25) is 4.79 Å². The summed E-state index contributed by atoms with van der Waals surface area (Å²) in [4.78, 5) is 12.1. The average Bonchev–Trinajstić information content (AvgIpc) is 2.37. The van der Waals surface area contributed by atoms with Crippen molar-refractivity contribution in [3.05, 3.63) is 62.0 Å². The summed E-state index contributed by atoms with van der Waals surface area (Å²) in [5.41, 5.74) is 1.96. The predicted octanol–water partition coefficient (Wildman–Crippen LogP) is 5.32. The smallest absolute Gasteiger partial charge is 0.255 e. The Bertz CT molecular complexity index is 643. The number of amides is 1. The molecule has 0 bridgehead atoms. The molecule has 0 saturated heterocycles. The maximum Gasteiger partial charge on any atom is 0.255 e. The first-order chi connectivity index (χ1) is 8.97.